The zero-order chi connectivity index (χ0) is 15.5. The van der Waals surface area contributed by atoms with Crippen molar-refractivity contribution >= 4 is 29.9 Å². The smallest absolute Gasteiger partial charge is 0.228 e. The lowest BCUT2D eigenvalue weighted by molar-refractivity contribution is 0.108. The number of rotatable bonds is 9. The molecular weight excluding hydrogens is 397 g/mol. The second-order valence-electron chi connectivity index (χ2n) is 5.23. The third-order valence-corrected chi connectivity index (χ3v) is 2.63. The third kappa shape index (κ3) is 9.93. The van der Waals surface area contributed by atoms with E-state index in [0.29, 0.717) is 30.6 Å². The van der Waals surface area contributed by atoms with Crippen LogP contribution in [0.3, 0.4) is 0 Å². The summed E-state index contributed by atoms with van der Waals surface area (Å²) in [5, 5.41) is 10.2. The molecule has 7 nitrogen and oxygen atoms in total. The first-order valence-corrected chi connectivity index (χ1v) is 7.43. The molecule has 0 radical (unpaired) electrons. The van der Waals surface area contributed by atoms with Crippen LogP contribution >= 0.6 is 24.0 Å². The molecule has 128 valence electrons. The molecule has 0 aliphatic heterocycles. The van der Waals surface area contributed by atoms with Crippen LogP contribution in [-0.4, -0.2) is 49.5 Å². The van der Waals surface area contributed by atoms with Gasteiger partial charge in [-0.2, -0.15) is 4.98 Å². The summed E-state index contributed by atoms with van der Waals surface area (Å²) in [6.45, 7) is 9.22. The number of hydrogen-bond donors (Lipinski definition) is 2. The fourth-order valence-electron chi connectivity index (χ4n) is 1.65. The highest BCUT2D eigenvalue weighted by atomic mass is 127. The van der Waals surface area contributed by atoms with Crippen LogP contribution in [0.1, 0.15) is 32.0 Å². The van der Waals surface area contributed by atoms with E-state index in [9.17, 15) is 0 Å². The van der Waals surface area contributed by atoms with E-state index in [1.54, 1.807) is 7.05 Å². The van der Waals surface area contributed by atoms with Crippen molar-refractivity contribution in [2.45, 2.75) is 33.6 Å². The first-order valence-electron chi connectivity index (χ1n) is 7.43. The zero-order valence-electron chi connectivity index (χ0n) is 13.9. The number of nitrogens with one attached hydrogen (secondary N) is 2. The SMILES string of the molecule is CN=C(NCCCOCC(C)C)NCCc1nc(C)no1.I. The lowest BCUT2D eigenvalue weighted by Gasteiger charge is -2.11. The van der Waals surface area contributed by atoms with Crippen molar-refractivity contribution in [3.63, 3.8) is 0 Å². The molecule has 0 fully saturated rings. The number of nitrogens with zero attached hydrogens (tertiary/aromatic N) is 3. The highest BCUT2D eigenvalue weighted by Gasteiger charge is 2.03. The van der Waals surface area contributed by atoms with E-state index < -0.39 is 0 Å². The minimum absolute atomic E-state index is 0. The maximum Gasteiger partial charge on any atom is 0.228 e. The van der Waals surface area contributed by atoms with Gasteiger partial charge in [0.1, 0.15) is 0 Å². The van der Waals surface area contributed by atoms with Crippen LogP contribution < -0.4 is 10.6 Å². The topological polar surface area (TPSA) is 84.6 Å². The molecule has 8 heteroatoms. The van der Waals surface area contributed by atoms with Gasteiger partial charge in [-0.15, -0.1) is 24.0 Å². The van der Waals surface area contributed by atoms with Gasteiger partial charge in [0, 0.05) is 39.8 Å². The van der Waals surface area contributed by atoms with E-state index in [1.165, 1.54) is 0 Å². The molecule has 1 aromatic heterocycles. The van der Waals surface area contributed by atoms with Crippen molar-refractivity contribution in [1.82, 2.24) is 20.8 Å². The maximum atomic E-state index is 5.52. The molecule has 0 bridgehead atoms. The minimum atomic E-state index is 0. The lowest BCUT2D eigenvalue weighted by Crippen LogP contribution is -2.39. The summed E-state index contributed by atoms with van der Waals surface area (Å²) in [6, 6.07) is 0. The van der Waals surface area contributed by atoms with Crippen LogP contribution in [0.25, 0.3) is 0 Å². The molecule has 0 spiro atoms. The van der Waals surface area contributed by atoms with Gasteiger partial charge < -0.3 is 19.9 Å². The standard InChI is InChI=1S/C14H27N5O2.HI/c1-11(2)10-20-9-5-7-16-14(15-4)17-8-6-13-18-12(3)19-21-13;/h11H,5-10H2,1-4H3,(H2,15,16,17);1H. The van der Waals surface area contributed by atoms with Crippen molar-refractivity contribution in [3.8, 4) is 0 Å². The Labute approximate surface area is 149 Å². The summed E-state index contributed by atoms with van der Waals surface area (Å²) in [5.74, 6) is 2.65. The number of ether oxygens (including phenoxy) is 1. The van der Waals surface area contributed by atoms with E-state index in [4.69, 9.17) is 9.26 Å². The Hall–Kier alpha value is -0.900. The van der Waals surface area contributed by atoms with Gasteiger partial charge in [-0.3, -0.25) is 4.99 Å². The number of aromatic nitrogens is 2. The van der Waals surface area contributed by atoms with Crippen molar-refractivity contribution in [2.24, 2.45) is 10.9 Å². The first kappa shape index (κ1) is 21.1. The van der Waals surface area contributed by atoms with Crippen molar-refractivity contribution in [1.29, 1.82) is 0 Å². The van der Waals surface area contributed by atoms with Crippen LogP contribution in [0, 0.1) is 12.8 Å². The molecule has 0 atom stereocenters. The predicted molar refractivity (Wildman–Crippen MR) is 97.8 cm³/mol. The maximum absolute atomic E-state index is 5.52. The lowest BCUT2D eigenvalue weighted by atomic mass is 10.2. The number of aryl methyl sites for hydroxylation is 1. The Morgan fingerprint density at radius 2 is 2.05 bits per heavy atom. The molecule has 22 heavy (non-hydrogen) atoms. The number of halogens is 1. The van der Waals surface area contributed by atoms with E-state index >= 15 is 0 Å². The third-order valence-electron chi connectivity index (χ3n) is 2.63. The summed E-state index contributed by atoms with van der Waals surface area (Å²) in [6.07, 6.45) is 1.63. The number of guanidine groups is 1. The Morgan fingerprint density at radius 3 is 2.64 bits per heavy atom. The zero-order valence-corrected chi connectivity index (χ0v) is 16.2. The van der Waals surface area contributed by atoms with E-state index in [0.717, 1.165) is 32.1 Å². The minimum Gasteiger partial charge on any atom is -0.381 e. The van der Waals surface area contributed by atoms with E-state index in [-0.39, 0.29) is 24.0 Å². The molecule has 0 saturated heterocycles. The Bertz CT molecular complexity index is 423. The molecule has 0 aliphatic carbocycles. The molecular formula is C14H28IN5O2. The molecule has 0 amide bonds. The molecule has 2 N–H and O–H groups in total. The fourth-order valence-corrected chi connectivity index (χ4v) is 1.65. The van der Waals surface area contributed by atoms with Crippen LogP contribution in [0.5, 0.6) is 0 Å². The monoisotopic (exact) mass is 425 g/mol. The quantitative estimate of drug-likeness (QED) is 0.272. The van der Waals surface area contributed by atoms with Crippen molar-refractivity contribution in [2.75, 3.05) is 33.4 Å². The Balaban J connectivity index is 0.00000441. The average Bonchev–Trinajstić information content (AvgIpc) is 2.86. The summed E-state index contributed by atoms with van der Waals surface area (Å²) in [5.41, 5.74) is 0. The van der Waals surface area contributed by atoms with Gasteiger partial charge in [0.05, 0.1) is 0 Å². The second-order valence-corrected chi connectivity index (χ2v) is 5.23. The molecule has 0 aliphatic rings. The van der Waals surface area contributed by atoms with Gasteiger partial charge >= 0.3 is 0 Å². The van der Waals surface area contributed by atoms with Gasteiger partial charge in [0.25, 0.3) is 0 Å². The summed E-state index contributed by atoms with van der Waals surface area (Å²) >= 11 is 0. The van der Waals surface area contributed by atoms with Crippen molar-refractivity contribution in [3.05, 3.63) is 11.7 Å². The largest absolute Gasteiger partial charge is 0.381 e. The van der Waals surface area contributed by atoms with Crippen LogP contribution in [0.4, 0.5) is 0 Å². The van der Waals surface area contributed by atoms with Crippen molar-refractivity contribution < 1.29 is 9.26 Å². The van der Waals surface area contributed by atoms with E-state index in [1.807, 2.05) is 6.92 Å². The highest BCUT2D eigenvalue weighted by Crippen LogP contribution is 1.95. The molecule has 1 rings (SSSR count). The second kappa shape index (κ2) is 12.6. The van der Waals surface area contributed by atoms with Gasteiger partial charge in [0.2, 0.25) is 5.89 Å². The average molecular weight is 425 g/mol. The summed E-state index contributed by atoms with van der Waals surface area (Å²) < 4.78 is 10.6. The normalized spacial score (nSPS) is 11.4. The number of aliphatic imine (C=N–C) groups is 1. The fraction of sp³-hybridized carbons (Fsp3) is 0.786. The highest BCUT2D eigenvalue weighted by molar-refractivity contribution is 14.0. The molecule has 1 aromatic rings. The molecule has 1 heterocycles. The first-order chi connectivity index (χ1) is 10.1. The molecule has 0 aromatic carbocycles. The molecule has 0 unspecified atom stereocenters. The molecule has 0 saturated carbocycles. The van der Waals surface area contributed by atoms with Gasteiger partial charge in [-0.05, 0) is 19.3 Å². The van der Waals surface area contributed by atoms with E-state index in [2.05, 4.69) is 39.6 Å². The van der Waals surface area contributed by atoms with Gasteiger partial charge in [-0.25, -0.2) is 0 Å². The Morgan fingerprint density at radius 1 is 1.32 bits per heavy atom. The van der Waals surface area contributed by atoms with Gasteiger partial charge in [0.15, 0.2) is 11.8 Å². The van der Waals surface area contributed by atoms with Crippen LogP contribution in [0.2, 0.25) is 0 Å². The van der Waals surface area contributed by atoms with Crippen LogP contribution in [0.15, 0.2) is 9.52 Å². The van der Waals surface area contributed by atoms with Crippen LogP contribution in [-0.2, 0) is 11.2 Å². The Kier molecular flexibility index (Phi) is 12.1. The number of hydrogen-bond acceptors (Lipinski definition) is 5. The summed E-state index contributed by atoms with van der Waals surface area (Å²) in [7, 11) is 1.75. The predicted octanol–water partition coefficient (Wildman–Crippen LogP) is 1.77. The summed E-state index contributed by atoms with van der Waals surface area (Å²) in [4.78, 5) is 8.31. The van der Waals surface area contributed by atoms with Gasteiger partial charge in [-0.1, -0.05) is 19.0 Å².